The molecule has 1 aromatic carbocycles. The molecule has 0 spiro atoms. The molecule has 0 radical (unpaired) electrons. The Kier molecular flexibility index (Phi) is 4.62. The summed E-state index contributed by atoms with van der Waals surface area (Å²) in [6.45, 7) is 0. The predicted molar refractivity (Wildman–Crippen MR) is 62.8 cm³/mol. The minimum Gasteiger partial charge on any atom is -0.481 e. The number of benzene rings is 1. The van der Waals surface area contributed by atoms with Gasteiger partial charge in [-0.15, -0.1) is 11.8 Å². The number of thioether (sulfide) groups is 1. The van der Waals surface area contributed by atoms with Gasteiger partial charge in [0.25, 0.3) is 0 Å². The monoisotopic (exact) mass is 226 g/mol. The average Bonchev–Trinajstić information content (AvgIpc) is 2.16. The Balaban J connectivity index is 2.38. The minimum absolute atomic E-state index is 0.0473. The number of aliphatic carboxylic acids is 1. The Bertz CT molecular complexity index is 322. The first-order chi connectivity index (χ1) is 6.68. The molecular formula is C10H10O2S2. The maximum Gasteiger partial charge on any atom is 0.313 e. The van der Waals surface area contributed by atoms with Crippen LogP contribution in [0.2, 0.25) is 0 Å². The van der Waals surface area contributed by atoms with Crippen LogP contribution in [0, 0.1) is 0 Å². The number of carboxylic acid groups (broad SMARTS) is 1. The maximum atomic E-state index is 10.3. The van der Waals surface area contributed by atoms with Crippen molar-refractivity contribution >= 4 is 34.1 Å². The van der Waals surface area contributed by atoms with Gasteiger partial charge in [-0.25, -0.2) is 0 Å². The fourth-order valence-electron chi connectivity index (χ4n) is 0.956. The van der Waals surface area contributed by atoms with Crippen molar-refractivity contribution in [3.63, 3.8) is 0 Å². The number of carboxylic acids is 1. The third kappa shape index (κ3) is 4.39. The van der Waals surface area contributed by atoms with Crippen LogP contribution in [-0.2, 0) is 11.2 Å². The van der Waals surface area contributed by atoms with E-state index in [4.69, 9.17) is 17.3 Å². The van der Waals surface area contributed by atoms with E-state index in [1.165, 1.54) is 11.8 Å². The van der Waals surface area contributed by atoms with Crippen LogP contribution in [0.1, 0.15) is 5.56 Å². The van der Waals surface area contributed by atoms with E-state index in [0.29, 0.717) is 6.42 Å². The first-order valence-electron chi connectivity index (χ1n) is 4.10. The molecule has 2 nitrogen and oxygen atoms in total. The second kappa shape index (κ2) is 5.78. The van der Waals surface area contributed by atoms with Gasteiger partial charge in [-0.2, -0.15) is 0 Å². The molecular weight excluding hydrogens is 216 g/mol. The van der Waals surface area contributed by atoms with Crippen molar-refractivity contribution in [1.82, 2.24) is 0 Å². The zero-order valence-corrected chi connectivity index (χ0v) is 9.11. The van der Waals surface area contributed by atoms with Crippen molar-refractivity contribution in [2.24, 2.45) is 0 Å². The Morgan fingerprint density at radius 1 is 1.36 bits per heavy atom. The van der Waals surface area contributed by atoms with Crippen molar-refractivity contribution in [3.05, 3.63) is 35.9 Å². The van der Waals surface area contributed by atoms with Gasteiger partial charge in [-0.1, -0.05) is 42.5 Å². The summed E-state index contributed by atoms with van der Waals surface area (Å²) < 4.78 is 0.721. The Labute approximate surface area is 92.3 Å². The van der Waals surface area contributed by atoms with Crippen LogP contribution < -0.4 is 0 Å². The maximum absolute atomic E-state index is 10.3. The van der Waals surface area contributed by atoms with E-state index in [-0.39, 0.29) is 5.75 Å². The summed E-state index contributed by atoms with van der Waals surface area (Å²) in [4.78, 5) is 10.3. The number of thiocarbonyl (C=S) groups is 1. The molecule has 1 aromatic rings. The molecule has 0 aliphatic carbocycles. The van der Waals surface area contributed by atoms with Crippen molar-refractivity contribution in [2.45, 2.75) is 6.42 Å². The van der Waals surface area contributed by atoms with Crippen LogP contribution >= 0.6 is 24.0 Å². The third-order valence-corrected chi connectivity index (χ3v) is 2.90. The summed E-state index contributed by atoms with van der Waals surface area (Å²) >= 11 is 6.27. The second-order valence-electron chi connectivity index (χ2n) is 2.72. The number of rotatable bonds is 4. The molecule has 0 unspecified atom stereocenters. The van der Waals surface area contributed by atoms with Crippen LogP contribution in [0.3, 0.4) is 0 Å². The van der Waals surface area contributed by atoms with Gasteiger partial charge in [0.1, 0.15) is 0 Å². The van der Waals surface area contributed by atoms with Gasteiger partial charge >= 0.3 is 5.97 Å². The quantitative estimate of drug-likeness (QED) is 0.800. The van der Waals surface area contributed by atoms with Gasteiger partial charge < -0.3 is 5.11 Å². The highest BCUT2D eigenvalue weighted by atomic mass is 32.2. The highest BCUT2D eigenvalue weighted by molar-refractivity contribution is 8.23. The minimum atomic E-state index is -0.828. The van der Waals surface area contributed by atoms with Gasteiger partial charge in [0.05, 0.1) is 9.95 Å². The molecule has 0 saturated heterocycles. The molecule has 0 fully saturated rings. The Morgan fingerprint density at radius 3 is 2.57 bits per heavy atom. The van der Waals surface area contributed by atoms with Crippen LogP contribution in [0.25, 0.3) is 0 Å². The van der Waals surface area contributed by atoms with E-state index in [9.17, 15) is 4.79 Å². The average molecular weight is 226 g/mol. The summed E-state index contributed by atoms with van der Waals surface area (Å²) in [5.74, 6) is -0.781. The van der Waals surface area contributed by atoms with Gasteiger partial charge in [0.2, 0.25) is 0 Å². The molecule has 0 amide bonds. The molecule has 0 atom stereocenters. The molecule has 74 valence electrons. The van der Waals surface area contributed by atoms with Crippen molar-refractivity contribution in [2.75, 3.05) is 5.75 Å². The van der Waals surface area contributed by atoms with Crippen LogP contribution in [0.4, 0.5) is 0 Å². The van der Waals surface area contributed by atoms with Crippen molar-refractivity contribution in [1.29, 1.82) is 0 Å². The smallest absolute Gasteiger partial charge is 0.313 e. The lowest BCUT2D eigenvalue weighted by Crippen LogP contribution is -2.03. The van der Waals surface area contributed by atoms with E-state index in [2.05, 4.69) is 0 Å². The summed E-state index contributed by atoms with van der Waals surface area (Å²) in [6, 6.07) is 9.79. The van der Waals surface area contributed by atoms with Gasteiger partial charge in [0.15, 0.2) is 0 Å². The largest absolute Gasteiger partial charge is 0.481 e. The molecule has 4 heteroatoms. The summed E-state index contributed by atoms with van der Waals surface area (Å²) in [6.07, 6.45) is 0.661. The van der Waals surface area contributed by atoms with Crippen LogP contribution in [-0.4, -0.2) is 21.0 Å². The SMILES string of the molecule is O=C(O)CSC(=S)Cc1ccccc1. The van der Waals surface area contributed by atoms with E-state index >= 15 is 0 Å². The van der Waals surface area contributed by atoms with Gasteiger partial charge in [-0.3, -0.25) is 4.79 Å². The first-order valence-corrected chi connectivity index (χ1v) is 5.49. The summed E-state index contributed by atoms with van der Waals surface area (Å²) in [5, 5.41) is 8.45. The second-order valence-corrected chi connectivity index (χ2v) is 4.54. The van der Waals surface area contributed by atoms with Crippen molar-refractivity contribution < 1.29 is 9.90 Å². The fraction of sp³-hybridized carbons (Fsp3) is 0.200. The standard InChI is InChI=1S/C10H10O2S2/c11-9(12)7-14-10(13)6-8-4-2-1-3-5-8/h1-5H,6-7H2,(H,11,12). The first kappa shape index (κ1) is 11.2. The topological polar surface area (TPSA) is 37.3 Å². The lowest BCUT2D eigenvalue weighted by molar-refractivity contribution is -0.133. The predicted octanol–water partition coefficient (Wildman–Crippen LogP) is 2.37. The lowest BCUT2D eigenvalue weighted by Gasteiger charge is -2.01. The van der Waals surface area contributed by atoms with Gasteiger partial charge in [0, 0.05) is 6.42 Å². The van der Waals surface area contributed by atoms with E-state index in [0.717, 1.165) is 9.76 Å². The fourth-order valence-corrected chi connectivity index (χ4v) is 1.85. The van der Waals surface area contributed by atoms with E-state index in [1.54, 1.807) is 0 Å². The number of hydrogen-bond acceptors (Lipinski definition) is 3. The molecule has 0 aromatic heterocycles. The highest BCUT2D eigenvalue weighted by Crippen LogP contribution is 2.10. The van der Waals surface area contributed by atoms with E-state index < -0.39 is 5.97 Å². The third-order valence-electron chi connectivity index (χ3n) is 1.55. The molecule has 0 heterocycles. The Morgan fingerprint density at radius 2 is 2.00 bits per heavy atom. The number of carbonyl (C=O) groups is 1. The van der Waals surface area contributed by atoms with Gasteiger partial charge in [-0.05, 0) is 5.56 Å². The molecule has 0 saturated carbocycles. The number of hydrogen-bond donors (Lipinski definition) is 1. The van der Waals surface area contributed by atoms with Crippen LogP contribution in [0.5, 0.6) is 0 Å². The molecule has 14 heavy (non-hydrogen) atoms. The summed E-state index contributed by atoms with van der Waals surface area (Å²) in [7, 11) is 0. The molecule has 0 aliphatic heterocycles. The Hall–Kier alpha value is -0.870. The molecule has 1 rings (SSSR count). The highest BCUT2D eigenvalue weighted by Gasteiger charge is 2.03. The summed E-state index contributed by atoms with van der Waals surface area (Å²) in [5.41, 5.74) is 1.12. The normalized spacial score (nSPS) is 9.71. The van der Waals surface area contributed by atoms with Crippen molar-refractivity contribution in [3.8, 4) is 0 Å². The molecule has 1 N–H and O–H groups in total. The molecule has 0 aliphatic rings. The zero-order valence-electron chi connectivity index (χ0n) is 7.47. The van der Waals surface area contributed by atoms with E-state index in [1.807, 2.05) is 30.3 Å². The molecule has 0 bridgehead atoms. The lowest BCUT2D eigenvalue weighted by atomic mass is 10.2. The zero-order chi connectivity index (χ0) is 10.4. The van der Waals surface area contributed by atoms with Crippen LogP contribution in [0.15, 0.2) is 30.3 Å².